The summed E-state index contributed by atoms with van der Waals surface area (Å²) in [6, 6.07) is 16.0. The van der Waals surface area contributed by atoms with Gasteiger partial charge in [-0.25, -0.2) is 4.79 Å². The topological polar surface area (TPSA) is 113 Å². The molecule has 0 spiro atoms. The van der Waals surface area contributed by atoms with Crippen molar-refractivity contribution in [2.24, 2.45) is 0 Å². The Balaban J connectivity index is 1.87. The number of nitrogens with zero attached hydrogens (tertiary/aromatic N) is 1. The molecule has 3 rings (SSSR count). The fourth-order valence-electron chi connectivity index (χ4n) is 2.65. The molecule has 0 bridgehead atoms. The first-order valence-electron chi connectivity index (χ1n) is 8.62. The van der Waals surface area contributed by atoms with Crippen molar-refractivity contribution < 1.29 is 23.8 Å². The van der Waals surface area contributed by atoms with Crippen molar-refractivity contribution in [3.8, 4) is 23.1 Å². The summed E-state index contributed by atoms with van der Waals surface area (Å²) >= 11 is 6.15. The van der Waals surface area contributed by atoms with Crippen LogP contribution in [0, 0.1) is 11.3 Å². The number of benzene rings is 2. The molecule has 150 valence electrons. The van der Waals surface area contributed by atoms with Gasteiger partial charge in [0.25, 0.3) is 5.91 Å². The Kier molecular flexibility index (Phi) is 6.20. The molecule has 0 unspecified atom stereocenters. The Morgan fingerprint density at radius 3 is 2.67 bits per heavy atom. The van der Waals surface area contributed by atoms with E-state index in [1.165, 1.54) is 31.4 Å². The summed E-state index contributed by atoms with van der Waals surface area (Å²) in [6.45, 7) is 0. The third-order valence-electron chi connectivity index (χ3n) is 4.11. The number of carboxylic acids is 1. The molecule has 0 radical (unpaired) electrons. The van der Waals surface area contributed by atoms with Crippen LogP contribution in [0.5, 0.6) is 5.75 Å². The van der Waals surface area contributed by atoms with E-state index in [0.717, 1.165) is 0 Å². The highest BCUT2D eigenvalue weighted by atomic mass is 35.5. The quantitative estimate of drug-likeness (QED) is 0.433. The van der Waals surface area contributed by atoms with Crippen LogP contribution < -0.4 is 10.1 Å². The molecule has 1 amide bonds. The van der Waals surface area contributed by atoms with Gasteiger partial charge in [-0.15, -0.1) is 0 Å². The lowest BCUT2D eigenvalue weighted by atomic mass is 10.1. The monoisotopic (exact) mass is 422 g/mol. The molecule has 3 aromatic rings. The summed E-state index contributed by atoms with van der Waals surface area (Å²) in [5.74, 6) is -0.744. The average molecular weight is 423 g/mol. The van der Waals surface area contributed by atoms with E-state index in [1.54, 1.807) is 36.4 Å². The smallest absolute Gasteiger partial charge is 0.335 e. The van der Waals surface area contributed by atoms with Crippen LogP contribution in [0.25, 0.3) is 17.4 Å². The number of hydrogen-bond donors (Lipinski definition) is 2. The van der Waals surface area contributed by atoms with E-state index in [9.17, 15) is 14.9 Å². The molecule has 0 atom stereocenters. The molecule has 0 saturated carbocycles. The highest BCUT2D eigenvalue weighted by molar-refractivity contribution is 6.33. The standard InChI is InChI=1S/C22H15ClN2O5/c1-29-20-5-3-2-4-18(20)25-21(26)14(12-24)10-15-7-9-19(30-15)16-11-13(22(27)28)6-8-17(16)23/h2-11H,1H3,(H,25,26)(H,27,28)/b14-10+. The fraction of sp³-hybridized carbons (Fsp3) is 0.0455. The zero-order valence-electron chi connectivity index (χ0n) is 15.7. The Morgan fingerprint density at radius 2 is 1.97 bits per heavy atom. The van der Waals surface area contributed by atoms with Gasteiger partial charge in [0.2, 0.25) is 0 Å². The third-order valence-corrected chi connectivity index (χ3v) is 4.44. The molecule has 2 aromatic carbocycles. The van der Waals surface area contributed by atoms with E-state index in [1.807, 2.05) is 6.07 Å². The van der Waals surface area contributed by atoms with Crippen molar-refractivity contribution in [1.82, 2.24) is 0 Å². The van der Waals surface area contributed by atoms with Crippen LogP contribution in [0.4, 0.5) is 5.69 Å². The predicted octanol–water partition coefficient (Wildman–Crippen LogP) is 4.85. The zero-order chi connectivity index (χ0) is 21.7. The van der Waals surface area contributed by atoms with Gasteiger partial charge in [-0.1, -0.05) is 23.7 Å². The minimum Gasteiger partial charge on any atom is -0.495 e. The first-order valence-corrected chi connectivity index (χ1v) is 9.00. The molecule has 0 fully saturated rings. The maximum absolute atomic E-state index is 12.5. The molecule has 1 aromatic heterocycles. The second kappa shape index (κ2) is 8.99. The number of rotatable bonds is 6. The largest absolute Gasteiger partial charge is 0.495 e. The summed E-state index contributed by atoms with van der Waals surface area (Å²) in [4.78, 5) is 23.7. The molecule has 8 heteroatoms. The predicted molar refractivity (Wildman–Crippen MR) is 111 cm³/mol. The van der Waals surface area contributed by atoms with Crippen LogP contribution in [0.3, 0.4) is 0 Å². The number of furan rings is 1. The Morgan fingerprint density at radius 1 is 1.20 bits per heavy atom. The maximum atomic E-state index is 12.5. The molecule has 0 aliphatic heterocycles. The van der Waals surface area contributed by atoms with Crippen molar-refractivity contribution >= 4 is 35.2 Å². The fourth-order valence-corrected chi connectivity index (χ4v) is 2.86. The number of carboxylic acid groups (broad SMARTS) is 1. The molecule has 1 heterocycles. The Bertz CT molecular complexity index is 1190. The lowest BCUT2D eigenvalue weighted by Crippen LogP contribution is -2.14. The van der Waals surface area contributed by atoms with Gasteiger partial charge in [-0.3, -0.25) is 4.79 Å². The number of ether oxygens (including phenoxy) is 1. The normalized spacial score (nSPS) is 10.9. The number of aromatic carboxylic acids is 1. The van der Waals surface area contributed by atoms with Crippen molar-refractivity contribution in [2.75, 3.05) is 12.4 Å². The number of hydrogen-bond acceptors (Lipinski definition) is 5. The van der Waals surface area contributed by atoms with Crippen LogP contribution >= 0.6 is 11.6 Å². The summed E-state index contributed by atoms with van der Waals surface area (Å²) < 4.78 is 10.8. The highest BCUT2D eigenvalue weighted by Gasteiger charge is 2.15. The second-order valence-corrected chi connectivity index (χ2v) is 6.43. The van der Waals surface area contributed by atoms with Crippen LogP contribution in [-0.2, 0) is 4.79 Å². The van der Waals surface area contributed by atoms with Crippen molar-refractivity contribution in [3.05, 3.63) is 76.5 Å². The van der Waals surface area contributed by atoms with Crippen LogP contribution in [0.15, 0.2) is 64.6 Å². The van der Waals surface area contributed by atoms with E-state index in [0.29, 0.717) is 27.8 Å². The summed E-state index contributed by atoms with van der Waals surface area (Å²) in [7, 11) is 1.47. The third kappa shape index (κ3) is 4.51. The van der Waals surface area contributed by atoms with Crippen LogP contribution in [0.1, 0.15) is 16.1 Å². The number of carbonyl (C=O) groups is 2. The van der Waals surface area contributed by atoms with Gasteiger partial charge in [0.05, 0.1) is 23.4 Å². The zero-order valence-corrected chi connectivity index (χ0v) is 16.4. The van der Waals surface area contributed by atoms with Gasteiger partial charge in [0, 0.05) is 11.6 Å². The van der Waals surface area contributed by atoms with Gasteiger partial charge < -0.3 is 19.6 Å². The SMILES string of the molecule is COc1ccccc1NC(=O)/C(C#N)=C/c1ccc(-c2cc(C(=O)O)ccc2Cl)o1. The minimum absolute atomic E-state index is 0.0526. The van der Waals surface area contributed by atoms with Gasteiger partial charge >= 0.3 is 5.97 Å². The van der Waals surface area contributed by atoms with Crippen molar-refractivity contribution in [1.29, 1.82) is 5.26 Å². The molecular formula is C22H15ClN2O5. The lowest BCUT2D eigenvalue weighted by Gasteiger charge is -2.08. The molecular weight excluding hydrogens is 408 g/mol. The van der Waals surface area contributed by atoms with Gasteiger partial charge in [0.1, 0.15) is 28.9 Å². The molecule has 0 aliphatic carbocycles. The first kappa shape index (κ1) is 20.7. The van der Waals surface area contributed by atoms with Crippen molar-refractivity contribution in [3.63, 3.8) is 0 Å². The van der Waals surface area contributed by atoms with Gasteiger partial charge in [-0.05, 0) is 42.5 Å². The number of methoxy groups -OCH3 is 1. The molecule has 30 heavy (non-hydrogen) atoms. The second-order valence-electron chi connectivity index (χ2n) is 6.03. The summed E-state index contributed by atoms with van der Waals surface area (Å²) in [5.41, 5.74) is 0.667. The Hall–Kier alpha value is -4.02. The van der Waals surface area contributed by atoms with Gasteiger partial charge in [-0.2, -0.15) is 5.26 Å². The number of para-hydroxylation sites is 2. The number of anilines is 1. The molecule has 0 saturated heterocycles. The lowest BCUT2D eigenvalue weighted by molar-refractivity contribution is -0.112. The van der Waals surface area contributed by atoms with E-state index >= 15 is 0 Å². The minimum atomic E-state index is -1.10. The van der Waals surface area contributed by atoms with Crippen LogP contribution in [0.2, 0.25) is 5.02 Å². The maximum Gasteiger partial charge on any atom is 0.335 e. The summed E-state index contributed by atoms with van der Waals surface area (Å²) in [6.07, 6.45) is 1.28. The first-order chi connectivity index (χ1) is 14.4. The number of halogens is 1. The van der Waals surface area contributed by atoms with Gasteiger partial charge in [0.15, 0.2) is 0 Å². The molecule has 2 N–H and O–H groups in total. The summed E-state index contributed by atoms with van der Waals surface area (Å²) in [5, 5.41) is 21.5. The number of amides is 1. The number of nitriles is 1. The molecule has 7 nitrogen and oxygen atoms in total. The number of carbonyl (C=O) groups excluding carboxylic acids is 1. The van der Waals surface area contributed by atoms with Crippen LogP contribution in [-0.4, -0.2) is 24.1 Å². The Labute approximate surface area is 176 Å². The van der Waals surface area contributed by atoms with E-state index in [2.05, 4.69) is 5.32 Å². The highest BCUT2D eigenvalue weighted by Crippen LogP contribution is 2.31. The van der Waals surface area contributed by atoms with E-state index in [4.69, 9.17) is 25.9 Å². The van der Waals surface area contributed by atoms with E-state index in [-0.39, 0.29) is 16.9 Å². The molecule has 0 aliphatic rings. The van der Waals surface area contributed by atoms with E-state index < -0.39 is 11.9 Å². The van der Waals surface area contributed by atoms with Crippen molar-refractivity contribution in [2.45, 2.75) is 0 Å². The average Bonchev–Trinajstić information content (AvgIpc) is 3.20. The number of nitrogens with one attached hydrogen (secondary N) is 1.